The average molecular weight is 398 g/mol. The molecule has 2 N–H and O–H groups in total. The number of hydrogen-bond acceptors (Lipinski definition) is 5. The van der Waals surface area contributed by atoms with E-state index in [4.69, 9.17) is 16.3 Å². The van der Waals surface area contributed by atoms with Crippen molar-refractivity contribution in [2.75, 3.05) is 13.2 Å². The van der Waals surface area contributed by atoms with Gasteiger partial charge in [0.05, 0.1) is 5.02 Å². The number of carbonyl (C=O) groups excluding carboxylic acids is 2. The van der Waals surface area contributed by atoms with Crippen LogP contribution in [0.1, 0.15) is 21.1 Å². The van der Waals surface area contributed by atoms with Crippen molar-refractivity contribution in [2.24, 2.45) is 0 Å². The van der Waals surface area contributed by atoms with Crippen LogP contribution in [0.2, 0.25) is 5.02 Å². The summed E-state index contributed by atoms with van der Waals surface area (Å²) in [5.41, 5.74) is 0.427. The molecular formula is C17H17ClFN3O3S. The Labute approximate surface area is 159 Å². The molecule has 0 spiro atoms. The number of hydrogen-bond donors (Lipinski definition) is 2. The summed E-state index contributed by atoms with van der Waals surface area (Å²) in [7, 11) is 0. The Bertz CT molecular complexity index is 825. The first-order chi connectivity index (χ1) is 12.3. The van der Waals surface area contributed by atoms with Crippen molar-refractivity contribution in [3.05, 3.63) is 57.4 Å². The van der Waals surface area contributed by atoms with Gasteiger partial charge in [-0.1, -0.05) is 18.2 Å². The third-order valence-electron chi connectivity index (χ3n) is 3.11. The predicted octanol–water partition coefficient (Wildman–Crippen LogP) is 3.07. The molecule has 0 radical (unpaired) electrons. The number of amides is 2. The number of aromatic nitrogens is 1. The number of nitrogens with zero attached hydrogens (tertiary/aromatic N) is 1. The van der Waals surface area contributed by atoms with Crippen LogP contribution in [0.4, 0.5) is 4.39 Å². The lowest BCUT2D eigenvalue weighted by Crippen LogP contribution is -2.30. The first kappa shape index (κ1) is 19.9. The summed E-state index contributed by atoms with van der Waals surface area (Å²) in [6.07, 6.45) is 1.99. The Morgan fingerprint density at radius 3 is 2.85 bits per heavy atom. The summed E-state index contributed by atoms with van der Waals surface area (Å²) in [4.78, 5) is 28.6. The lowest BCUT2D eigenvalue weighted by atomic mass is 10.3. The van der Waals surface area contributed by atoms with Crippen molar-refractivity contribution in [3.8, 4) is 5.75 Å². The second kappa shape index (κ2) is 9.30. The Hall–Kier alpha value is -2.45. The van der Waals surface area contributed by atoms with Crippen molar-refractivity contribution < 1.29 is 18.7 Å². The zero-order valence-corrected chi connectivity index (χ0v) is 15.5. The molecule has 2 amide bonds. The molecule has 0 unspecified atom stereocenters. The topological polar surface area (TPSA) is 80.3 Å². The van der Waals surface area contributed by atoms with Gasteiger partial charge >= 0.3 is 0 Å². The van der Waals surface area contributed by atoms with E-state index in [1.807, 2.05) is 6.92 Å². The molecule has 1 heterocycles. The van der Waals surface area contributed by atoms with Crippen LogP contribution >= 0.6 is 22.9 Å². The smallest absolute Gasteiger partial charge is 0.280 e. The summed E-state index contributed by atoms with van der Waals surface area (Å²) in [6, 6.07) is 3.90. The Balaban J connectivity index is 1.67. The van der Waals surface area contributed by atoms with Crippen LogP contribution < -0.4 is 15.4 Å². The van der Waals surface area contributed by atoms with E-state index in [2.05, 4.69) is 22.2 Å². The molecule has 0 aliphatic heterocycles. The van der Waals surface area contributed by atoms with E-state index in [9.17, 15) is 14.0 Å². The van der Waals surface area contributed by atoms with E-state index >= 15 is 0 Å². The highest BCUT2D eigenvalue weighted by molar-refractivity contribution is 7.13. The maximum atomic E-state index is 13.3. The first-order valence-corrected chi connectivity index (χ1v) is 8.80. The maximum Gasteiger partial charge on any atom is 0.280 e. The number of ether oxygens (including phenoxy) is 1. The monoisotopic (exact) mass is 397 g/mol. The Kier molecular flexibility index (Phi) is 7.11. The van der Waals surface area contributed by atoms with Crippen molar-refractivity contribution in [3.63, 3.8) is 0 Å². The van der Waals surface area contributed by atoms with Gasteiger partial charge in [-0.25, -0.2) is 9.37 Å². The highest BCUT2D eigenvalue weighted by atomic mass is 35.5. The van der Waals surface area contributed by atoms with E-state index < -0.39 is 11.7 Å². The van der Waals surface area contributed by atoms with Gasteiger partial charge in [0.25, 0.3) is 11.8 Å². The van der Waals surface area contributed by atoms with Crippen molar-refractivity contribution >= 4 is 34.8 Å². The lowest BCUT2D eigenvalue weighted by molar-refractivity contribution is -0.122. The van der Waals surface area contributed by atoms with Crippen molar-refractivity contribution in [2.45, 2.75) is 13.3 Å². The molecule has 0 aliphatic rings. The lowest BCUT2D eigenvalue weighted by Gasteiger charge is -2.10. The number of carbonyl (C=O) groups is 2. The fraction of sp³-hybridized carbons (Fsp3) is 0.235. The Morgan fingerprint density at radius 2 is 2.19 bits per heavy atom. The van der Waals surface area contributed by atoms with Gasteiger partial charge in [-0.15, -0.1) is 11.3 Å². The van der Waals surface area contributed by atoms with E-state index in [0.29, 0.717) is 23.7 Å². The minimum Gasteiger partial charge on any atom is -0.484 e. The van der Waals surface area contributed by atoms with E-state index in [-0.39, 0.29) is 23.3 Å². The minimum absolute atomic E-state index is 0.0230. The van der Waals surface area contributed by atoms with Gasteiger partial charge in [0.15, 0.2) is 11.6 Å². The van der Waals surface area contributed by atoms with E-state index in [1.54, 1.807) is 6.20 Å². The van der Waals surface area contributed by atoms with Gasteiger partial charge in [-0.05, 0) is 19.1 Å². The molecule has 2 aromatic rings. The predicted molar refractivity (Wildman–Crippen MR) is 98.0 cm³/mol. The third kappa shape index (κ3) is 6.12. The molecule has 6 nitrogen and oxygen atoms in total. The summed E-state index contributed by atoms with van der Waals surface area (Å²) in [6.45, 7) is 5.59. The summed E-state index contributed by atoms with van der Waals surface area (Å²) in [5.74, 6) is -1.14. The zero-order chi connectivity index (χ0) is 19.1. The number of nitrogens with one attached hydrogen (secondary N) is 2. The molecular weight excluding hydrogens is 381 g/mol. The van der Waals surface area contributed by atoms with Gasteiger partial charge in [-0.2, -0.15) is 0 Å². The highest BCUT2D eigenvalue weighted by Gasteiger charge is 2.10. The molecule has 1 aromatic heterocycles. The molecule has 0 atom stereocenters. The first-order valence-electron chi connectivity index (χ1n) is 7.61. The number of benzene rings is 1. The van der Waals surface area contributed by atoms with Gasteiger partial charge in [0.2, 0.25) is 0 Å². The molecule has 1 aromatic carbocycles. The van der Waals surface area contributed by atoms with Crippen LogP contribution in [0.3, 0.4) is 0 Å². The van der Waals surface area contributed by atoms with Gasteiger partial charge < -0.3 is 15.4 Å². The quantitative estimate of drug-likeness (QED) is 0.717. The standard InChI is InChI=1S/C17H17ClFN3O3S/c1-10(5-6-20-16(24)17-21-8-11(2)26-17)22-15(23)9-25-12-3-4-13(18)14(19)7-12/h3-4,7-8H,1,5-6,9H2,2H3,(H,20,24)(H,22,23). The van der Waals surface area contributed by atoms with Crippen LogP contribution in [0, 0.1) is 12.7 Å². The SMILES string of the molecule is C=C(CCNC(=O)c1ncc(C)s1)NC(=O)COc1ccc(Cl)c(F)c1. The molecule has 0 fully saturated rings. The summed E-state index contributed by atoms with van der Waals surface area (Å²) in [5, 5.41) is 5.62. The summed E-state index contributed by atoms with van der Waals surface area (Å²) >= 11 is 6.87. The van der Waals surface area contributed by atoms with Gasteiger partial charge in [-0.3, -0.25) is 9.59 Å². The molecule has 9 heteroatoms. The molecule has 0 saturated carbocycles. The number of thiazole rings is 1. The molecule has 0 aliphatic carbocycles. The van der Waals surface area contributed by atoms with Crippen LogP contribution in [-0.4, -0.2) is 29.9 Å². The van der Waals surface area contributed by atoms with Crippen LogP contribution in [0.15, 0.2) is 36.7 Å². The average Bonchev–Trinajstić information content (AvgIpc) is 3.02. The molecule has 0 saturated heterocycles. The zero-order valence-electron chi connectivity index (χ0n) is 14.0. The third-order valence-corrected chi connectivity index (χ3v) is 4.32. The second-order valence-corrected chi connectivity index (χ2v) is 6.94. The Morgan fingerprint density at radius 1 is 1.42 bits per heavy atom. The van der Waals surface area contributed by atoms with E-state index in [1.165, 1.54) is 23.5 Å². The van der Waals surface area contributed by atoms with Crippen molar-refractivity contribution in [1.82, 2.24) is 15.6 Å². The van der Waals surface area contributed by atoms with Crippen molar-refractivity contribution in [1.29, 1.82) is 0 Å². The van der Waals surface area contributed by atoms with E-state index in [0.717, 1.165) is 10.9 Å². The molecule has 0 bridgehead atoms. The molecule has 2 rings (SSSR count). The highest BCUT2D eigenvalue weighted by Crippen LogP contribution is 2.20. The normalized spacial score (nSPS) is 10.3. The van der Waals surface area contributed by atoms with Crippen LogP contribution in [0.25, 0.3) is 0 Å². The molecule has 138 valence electrons. The van der Waals surface area contributed by atoms with Crippen LogP contribution in [-0.2, 0) is 4.79 Å². The number of rotatable bonds is 8. The molecule has 26 heavy (non-hydrogen) atoms. The van der Waals surface area contributed by atoms with Crippen LogP contribution in [0.5, 0.6) is 5.75 Å². The number of halogens is 2. The fourth-order valence-electron chi connectivity index (χ4n) is 1.87. The fourth-order valence-corrected chi connectivity index (χ4v) is 2.67. The van der Waals surface area contributed by atoms with Gasteiger partial charge in [0.1, 0.15) is 11.6 Å². The van der Waals surface area contributed by atoms with Gasteiger partial charge in [0, 0.05) is 35.8 Å². The maximum absolute atomic E-state index is 13.3. The summed E-state index contributed by atoms with van der Waals surface area (Å²) < 4.78 is 18.5. The number of aryl methyl sites for hydroxylation is 1. The minimum atomic E-state index is -0.625. The largest absolute Gasteiger partial charge is 0.484 e. The second-order valence-electron chi connectivity index (χ2n) is 5.30.